The zero-order chi connectivity index (χ0) is 19.6. The van der Waals surface area contributed by atoms with Crippen molar-refractivity contribution in [3.8, 4) is 22.8 Å². The molecule has 0 amide bonds. The molecule has 5 rings (SSSR count). The number of aromatic nitrogens is 5. The fourth-order valence-electron chi connectivity index (χ4n) is 3.29. The summed E-state index contributed by atoms with van der Waals surface area (Å²) in [6.45, 7) is 2.05. The maximum atomic E-state index is 5.86. The highest BCUT2D eigenvalue weighted by Gasteiger charge is 2.14. The summed E-state index contributed by atoms with van der Waals surface area (Å²) in [5.74, 6) is 1.12. The quantitative estimate of drug-likeness (QED) is 0.451. The Bertz CT molecular complexity index is 1250. The van der Waals surface area contributed by atoms with Crippen LogP contribution < -0.4 is 5.32 Å². The van der Waals surface area contributed by atoms with Crippen LogP contribution in [-0.4, -0.2) is 25.1 Å². The monoisotopic (exact) mass is 382 g/mol. The Labute approximate surface area is 166 Å². The Kier molecular flexibility index (Phi) is 4.25. The van der Waals surface area contributed by atoms with E-state index in [1.54, 1.807) is 18.5 Å². The zero-order valence-electron chi connectivity index (χ0n) is 15.7. The second kappa shape index (κ2) is 7.20. The van der Waals surface area contributed by atoms with E-state index in [4.69, 9.17) is 4.42 Å². The van der Waals surface area contributed by atoms with E-state index in [9.17, 15) is 0 Å². The van der Waals surface area contributed by atoms with Crippen LogP contribution in [-0.2, 0) is 0 Å². The predicted molar refractivity (Wildman–Crippen MR) is 111 cm³/mol. The molecule has 0 aliphatic rings. The van der Waals surface area contributed by atoms with Gasteiger partial charge < -0.3 is 14.7 Å². The van der Waals surface area contributed by atoms with Crippen LogP contribution in [0.3, 0.4) is 0 Å². The van der Waals surface area contributed by atoms with Gasteiger partial charge in [0.1, 0.15) is 0 Å². The maximum Gasteiger partial charge on any atom is 0.316 e. The summed E-state index contributed by atoms with van der Waals surface area (Å²) >= 11 is 0. The highest BCUT2D eigenvalue weighted by molar-refractivity contribution is 5.96. The van der Waals surface area contributed by atoms with Crippen LogP contribution in [0.1, 0.15) is 18.5 Å². The van der Waals surface area contributed by atoms with Gasteiger partial charge in [0.05, 0.1) is 6.04 Å². The number of hydrogen-bond acceptors (Lipinski definition) is 6. The summed E-state index contributed by atoms with van der Waals surface area (Å²) in [7, 11) is 0. The van der Waals surface area contributed by atoms with Crippen molar-refractivity contribution in [1.82, 2.24) is 25.1 Å². The van der Waals surface area contributed by atoms with Gasteiger partial charge in [0.2, 0.25) is 5.89 Å². The number of fused-ring (bicyclic) bond motifs is 1. The average molecular weight is 382 g/mol. The Hall–Kier alpha value is -4.00. The van der Waals surface area contributed by atoms with Crippen molar-refractivity contribution in [2.24, 2.45) is 0 Å². The van der Waals surface area contributed by atoms with Crippen LogP contribution in [0.25, 0.3) is 33.7 Å². The molecule has 7 heteroatoms. The number of benzene rings is 2. The topological polar surface area (TPSA) is 92.5 Å². The molecule has 142 valence electrons. The van der Waals surface area contributed by atoms with Gasteiger partial charge in [-0.25, -0.2) is 9.97 Å². The number of hydrogen-bond donors (Lipinski definition) is 2. The van der Waals surface area contributed by atoms with Crippen LogP contribution >= 0.6 is 0 Å². The zero-order valence-corrected chi connectivity index (χ0v) is 15.7. The molecule has 0 bridgehead atoms. The minimum Gasteiger partial charge on any atom is -0.403 e. The first-order valence-electron chi connectivity index (χ1n) is 9.32. The Morgan fingerprint density at radius 3 is 2.62 bits per heavy atom. The smallest absolute Gasteiger partial charge is 0.316 e. The first-order chi connectivity index (χ1) is 14.3. The second-order valence-corrected chi connectivity index (χ2v) is 6.72. The summed E-state index contributed by atoms with van der Waals surface area (Å²) in [6, 6.07) is 18.3. The molecule has 3 heterocycles. The molecular weight excluding hydrogens is 364 g/mol. The van der Waals surface area contributed by atoms with Crippen molar-refractivity contribution < 1.29 is 4.42 Å². The van der Waals surface area contributed by atoms with Crippen LogP contribution in [0, 0.1) is 0 Å². The standard InChI is InChI=1S/C22H18N6O/c1-14(15-6-3-2-4-7-15)26-22-28-27-21(29-22)16-8-9-19-17(12-16)18(13-25-19)20-23-10-5-11-24-20/h2-14,25H,1H3,(H,26,28). The van der Waals surface area contributed by atoms with Crippen LogP contribution in [0.2, 0.25) is 0 Å². The molecule has 2 aromatic carbocycles. The van der Waals surface area contributed by atoms with E-state index in [1.165, 1.54) is 0 Å². The molecule has 7 nitrogen and oxygen atoms in total. The number of anilines is 1. The van der Waals surface area contributed by atoms with E-state index in [2.05, 4.69) is 49.5 Å². The van der Waals surface area contributed by atoms with Crippen molar-refractivity contribution in [1.29, 1.82) is 0 Å². The normalized spacial score (nSPS) is 12.2. The summed E-state index contributed by atoms with van der Waals surface area (Å²) in [5.41, 5.74) is 3.90. The van der Waals surface area contributed by atoms with Crippen molar-refractivity contribution in [2.45, 2.75) is 13.0 Å². The molecule has 0 aliphatic heterocycles. The van der Waals surface area contributed by atoms with Gasteiger partial charge in [-0.3, -0.25) is 0 Å². The Morgan fingerprint density at radius 2 is 1.79 bits per heavy atom. The summed E-state index contributed by atoms with van der Waals surface area (Å²) in [4.78, 5) is 11.9. The van der Waals surface area contributed by atoms with E-state index in [-0.39, 0.29) is 6.04 Å². The molecule has 2 N–H and O–H groups in total. The summed E-state index contributed by atoms with van der Waals surface area (Å²) in [6.07, 6.45) is 5.37. The van der Waals surface area contributed by atoms with E-state index in [1.807, 2.05) is 42.6 Å². The van der Waals surface area contributed by atoms with Crippen molar-refractivity contribution in [2.75, 3.05) is 5.32 Å². The van der Waals surface area contributed by atoms with E-state index in [0.717, 1.165) is 27.6 Å². The SMILES string of the molecule is CC(Nc1nnc(-c2ccc3[nH]cc(-c4ncccn4)c3c2)o1)c1ccccc1. The van der Waals surface area contributed by atoms with E-state index >= 15 is 0 Å². The largest absolute Gasteiger partial charge is 0.403 e. The van der Waals surface area contributed by atoms with Gasteiger partial charge in [-0.2, -0.15) is 0 Å². The van der Waals surface area contributed by atoms with Gasteiger partial charge in [-0.05, 0) is 36.8 Å². The minimum absolute atomic E-state index is 0.0542. The Morgan fingerprint density at radius 1 is 0.966 bits per heavy atom. The molecule has 0 fully saturated rings. The maximum absolute atomic E-state index is 5.86. The van der Waals surface area contributed by atoms with E-state index < -0.39 is 0 Å². The molecule has 29 heavy (non-hydrogen) atoms. The lowest BCUT2D eigenvalue weighted by Gasteiger charge is -2.11. The molecule has 0 aliphatic carbocycles. The number of rotatable bonds is 5. The molecule has 1 unspecified atom stereocenters. The molecule has 1 atom stereocenters. The number of aromatic amines is 1. The number of nitrogens with zero attached hydrogens (tertiary/aromatic N) is 4. The lowest BCUT2D eigenvalue weighted by atomic mass is 10.1. The minimum atomic E-state index is 0.0542. The molecule has 5 aromatic rings. The second-order valence-electron chi connectivity index (χ2n) is 6.72. The van der Waals surface area contributed by atoms with Gasteiger partial charge in [0, 0.05) is 40.6 Å². The van der Waals surface area contributed by atoms with Crippen LogP contribution in [0.5, 0.6) is 0 Å². The fourth-order valence-corrected chi connectivity index (χ4v) is 3.29. The summed E-state index contributed by atoms with van der Waals surface area (Å²) in [5, 5.41) is 12.6. The van der Waals surface area contributed by atoms with Gasteiger partial charge in [0.15, 0.2) is 5.82 Å². The van der Waals surface area contributed by atoms with Crippen molar-refractivity contribution >= 4 is 16.9 Å². The first-order valence-corrected chi connectivity index (χ1v) is 9.32. The van der Waals surface area contributed by atoms with Gasteiger partial charge >= 0.3 is 6.01 Å². The molecule has 0 saturated carbocycles. The lowest BCUT2D eigenvalue weighted by Crippen LogP contribution is -2.06. The molecule has 0 saturated heterocycles. The highest BCUT2D eigenvalue weighted by atomic mass is 16.4. The third-order valence-corrected chi connectivity index (χ3v) is 4.80. The molecular formula is C22H18N6O. The highest BCUT2D eigenvalue weighted by Crippen LogP contribution is 2.30. The number of H-pyrrole nitrogens is 1. The fraction of sp³-hybridized carbons (Fsp3) is 0.0909. The van der Waals surface area contributed by atoms with Crippen molar-refractivity contribution in [3.63, 3.8) is 0 Å². The molecule has 0 spiro atoms. The molecule has 0 radical (unpaired) electrons. The van der Waals surface area contributed by atoms with Crippen molar-refractivity contribution in [3.05, 3.63) is 78.8 Å². The first kappa shape index (κ1) is 17.1. The molecule has 3 aromatic heterocycles. The third kappa shape index (κ3) is 3.34. The van der Waals surface area contributed by atoms with Crippen LogP contribution in [0.4, 0.5) is 6.01 Å². The summed E-state index contributed by atoms with van der Waals surface area (Å²) < 4.78 is 5.86. The van der Waals surface area contributed by atoms with Crippen LogP contribution in [0.15, 0.2) is 77.6 Å². The predicted octanol–water partition coefficient (Wildman–Crippen LogP) is 4.85. The number of nitrogens with one attached hydrogen (secondary N) is 2. The third-order valence-electron chi connectivity index (χ3n) is 4.80. The average Bonchev–Trinajstić information content (AvgIpc) is 3.41. The van der Waals surface area contributed by atoms with Gasteiger partial charge in [0.25, 0.3) is 0 Å². The van der Waals surface area contributed by atoms with E-state index in [0.29, 0.717) is 17.7 Å². The lowest BCUT2D eigenvalue weighted by molar-refractivity contribution is 0.573. The Balaban J connectivity index is 1.44. The van der Waals surface area contributed by atoms with Gasteiger partial charge in [-0.1, -0.05) is 35.4 Å². The van der Waals surface area contributed by atoms with Gasteiger partial charge in [-0.15, -0.1) is 5.10 Å².